The van der Waals surface area contributed by atoms with Gasteiger partial charge in [-0.2, -0.15) is 0 Å². The van der Waals surface area contributed by atoms with E-state index < -0.39 is 0 Å². The highest BCUT2D eigenvalue weighted by atomic mass is 127. The quantitative estimate of drug-likeness (QED) is 0.823. The highest BCUT2D eigenvalue weighted by Crippen LogP contribution is 2.44. The molecular formula is C14H16INO. The number of rotatable bonds is 2. The van der Waals surface area contributed by atoms with E-state index in [0.717, 1.165) is 21.0 Å². The predicted octanol–water partition coefficient (Wildman–Crippen LogP) is 3.21. The first kappa shape index (κ1) is 11.5. The van der Waals surface area contributed by atoms with Crippen LogP contribution in [-0.4, -0.2) is 11.9 Å². The maximum Gasteiger partial charge on any atom is 0.252 e. The number of carbonyl (C=O) groups excluding carboxylic acids is 1. The van der Waals surface area contributed by atoms with Crippen LogP contribution in [0.4, 0.5) is 0 Å². The molecule has 1 N–H and O–H groups in total. The van der Waals surface area contributed by atoms with Crippen molar-refractivity contribution in [2.75, 3.05) is 0 Å². The van der Waals surface area contributed by atoms with Gasteiger partial charge in [-0.3, -0.25) is 4.79 Å². The summed E-state index contributed by atoms with van der Waals surface area (Å²) < 4.78 is 1.03. The fraction of sp³-hybridized carbons (Fsp3) is 0.500. The molecule has 17 heavy (non-hydrogen) atoms. The normalized spacial score (nSPS) is 30.5. The van der Waals surface area contributed by atoms with Gasteiger partial charge in [0.1, 0.15) is 0 Å². The third kappa shape index (κ3) is 2.21. The third-order valence-electron chi connectivity index (χ3n) is 4.17. The van der Waals surface area contributed by atoms with Crippen LogP contribution in [0.2, 0.25) is 0 Å². The number of nitrogens with one attached hydrogen (secondary N) is 1. The molecule has 0 spiro atoms. The molecular weight excluding hydrogens is 325 g/mol. The monoisotopic (exact) mass is 341 g/mol. The first-order valence-electron chi connectivity index (χ1n) is 6.29. The van der Waals surface area contributed by atoms with Gasteiger partial charge in [0.05, 0.1) is 5.56 Å². The fourth-order valence-electron chi connectivity index (χ4n) is 3.31. The molecule has 0 heterocycles. The molecule has 90 valence electrons. The molecule has 3 rings (SSSR count). The summed E-state index contributed by atoms with van der Waals surface area (Å²) >= 11 is 2.22. The van der Waals surface area contributed by atoms with Crippen molar-refractivity contribution in [2.45, 2.75) is 31.7 Å². The second-order valence-corrected chi connectivity index (χ2v) is 6.40. The van der Waals surface area contributed by atoms with Crippen LogP contribution in [0.1, 0.15) is 36.0 Å². The van der Waals surface area contributed by atoms with E-state index >= 15 is 0 Å². The molecule has 0 radical (unpaired) electrons. The lowest BCUT2D eigenvalue weighted by molar-refractivity contribution is 0.0922. The van der Waals surface area contributed by atoms with Crippen LogP contribution in [0.3, 0.4) is 0 Å². The first-order chi connectivity index (χ1) is 8.24. The summed E-state index contributed by atoms with van der Waals surface area (Å²) in [7, 11) is 0. The molecule has 0 unspecified atom stereocenters. The third-order valence-corrected chi connectivity index (χ3v) is 5.11. The zero-order chi connectivity index (χ0) is 11.8. The average Bonchev–Trinajstić information content (AvgIpc) is 2.91. The fourth-order valence-corrected chi connectivity index (χ4v) is 3.95. The zero-order valence-corrected chi connectivity index (χ0v) is 11.8. The van der Waals surface area contributed by atoms with Crippen LogP contribution in [0.25, 0.3) is 0 Å². The summed E-state index contributed by atoms with van der Waals surface area (Å²) in [5, 5.41) is 3.22. The van der Waals surface area contributed by atoms with Gasteiger partial charge in [0.15, 0.2) is 0 Å². The van der Waals surface area contributed by atoms with Crippen LogP contribution in [0, 0.1) is 15.4 Å². The number of halogens is 1. The van der Waals surface area contributed by atoms with Crippen molar-refractivity contribution in [1.29, 1.82) is 0 Å². The Labute approximate surface area is 115 Å². The Balaban J connectivity index is 1.70. The minimum atomic E-state index is 0.104. The molecule has 1 aromatic rings. The molecule has 0 aliphatic heterocycles. The zero-order valence-electron chi connectivity index (χ0n) is 9.66. The average molecular weight is 341 g/mol. The lowest BCUT2D eigenvalue weighted by Crippen LogP contribution is -2.38. The molecule has 0 aromatic heterocycles. The Kier molecular flexibility index (Phi) is 3.11. The van der Waals surface area contributed by atoms with Gasteiger partial charge in [-0.15, -0.1) is 0 Å². The predicted molar refractivity (Wildman–Crippen MR) is 75.9 cm³/mol. The van der Waals surface area contributed by atoms with Crippen molar-refractivity contribution in [3.63, 3.8) is 0 Å². The van der Waals surface area contributed by atoms with Crippen LogP contribution >= 0.6 is 22.6 Å². The molecule has 2 saturated carbocycles. The summed E-state index contributed by atoms with van der Waals surface area (Å²) in [6.45, 7) is 0. The summed E-state index contributed by atoms with van der Waals surface area (Å²) in [6, 6.07) is 8.21. The second-order valence-electron chi connectivity index (χ2n) is 5.23. The topological polar surface area (TPSA) is 29.1 Å². The molecule has 2 nitrogen and oxygen atoms in total. The molecule has 2 aliphatic rings. The van der Waals surface area contributed by atoms with Gasteiger partial charge in [0, 0.05) is 9.61 Å². The standard InChI is InChI=1S/C14H16INO/c15-12-4-2-1-3-11(12)14(17)16-13-8-9-5-6-10(13)7-9/h1-4,9-10,13H,5-8H2,(H,16,17)/t9-,10+,13-/m0/s1. The molecule has 1 amide bonds. The number of fused-ring (bicyclic) bond motifs is 2. The van der Waals surface area contributed by atoms with Crippen LogP contribution < -0.4 is 5.32 Å². The molecule has 1 aromatic carbocycles. The SMILES string of the molecule is O=C(N[C@H]1C[C@H]2CC[C@@H]1C2)c1ccccc1I. The number of carbonyl (C=O) groups is 1. The van der Waals surface area contributed by atoms with Crippen molar-refractivity contribution in [1.82, 2.24) is 5.32 Å². The van der Waals surface area contributed by atoms with Crippen molar-refractivity contribution in [3.8, 4) is 0 Å². The second kappa shape index (κ2) is 4.59. The Hall–Kier alpha value is -0.580. The largest absolute Gasteiger partial charge is 0.349 e. The smallest absolute Gasteiger partial charge is 0.252 e. The van der Waals surface area contributed by atoms with E-state index in [9.17, 15) is 4.79 Å². The number of benzene rings is 1. The molecule has 3 heteroatoms. The van der Waals surface area contributed by atoms with Gasteiger partial charge in [-0.25, -0.2) is 0 Å². The Morgan fingerprint density at radius 2 is 2.06 bits per heavy atom. The van der Waals surface area contributed by atoms with Crippen LogP contribution in [0.5, 0.6) is 0 Å². The Morgan fingerprint density at radius 3 is 2.71 bits per heavy atom. The van der Waals surface area contributed by atoms with Gasteiger partial charge < -0.3 is 5.32 Å². The van der Waals surface area contributed by atoms with E-state index in [1.807, 2.05) is 24.3 Å². The highest BCUT2D eigenvalue weighted by Gasteiger charge is 2.40. The lowest BCUT2D eigenvalue weighted by Gasteiger charge is -2.23. The van der Waals surface area contributed by atoms with Gasteiger partial charge in [0.25, 0.3) is 5.91 Å². The lowest BCUT2D eigenvalue weighted by atomic mass is 9.95. The first-order valence-corrected chi connectivity index (χ1v) is 7.37. The minimum Gasteiger partial charge on any atom is -0.349 e. The number of amides is 1. The van der Waals surface area contributed by atoms with Gasteiger partial charge >= 0.3 is 0 Å². The van der Waals surface area contributed by atoms with Crippen LogP contribution in [0.15, 0.2) is 24.3 Å². The number of hydrogen-bond donors (Lipinski definition) is 1. The molecule has 2 aliphatic carbocycles. The van der Waals surface area contributed by atoms with Crippen molar-refractivity contribution in [3.05, 3.63) is 33.4 Å². The van der Waals surface area contributed by atoms with Gasteiger partial charge in [0.2, 0.25) is 0 Å². The maximum absolute atomic E-state index is 12.2. The van der Waals surface area contributed by atoms with Crippen molar-refractivity contribution < 1.29 is 4.79 Å². The summed E-state index contributed by atoms with van der Waals surface area (Å²) in [5.41, 5.74) is 0.816. The van der Waals surface area contributed by atoms with Crippen molar-refractivity contribution >= 4 is 28.5 Å². The molecule has 3 atom stereocenters. The van der Waals surface area contributed by atoms with E-state index in [4.69, 9.17) is 0 Å². The van der Waals surface area contributed by atoms with E-state index in [2.05, 4.69) is 27.9 Å². The van der Waals surface area contributed by atoms with Crippen LogP contribution in [-0.2, 0) is 0 Å². The molecule has 2 fully saturated rings. The molecule has 0 saturated heterocycles. The van der Waals surface area contributed by atoms with Gasteiger partial charge in [-0.1, -0.05) is 18.6 Å². The summed E-state index contributed by atoms with van der Waals surface area (Å²) in [6.07, 6.45) is 5.21. The van der Waals surface area contributed by atoms with Crippen molar-refractivity contribution in [2.24, 2.45) is 11.8 Å². The minimum absolute atomic E-state index is 0.104. The van der Waals surface area contributed by atoms with E-state index in [-0.39, 0.29) is 5.91 Å². The number of hydrogen-bond acceptors (Lipinski definition) is 1. The van der Waals surface area contributed by atoms with E-state index in [0.29, 0.717) is 6.04 Å². The van der Waals surface area contributed by atoms with E-state index in [1.54, 1.807) is 0 Å². The molecule has 2 bridgehead atoms. The summed E-state index contributed by atoms with van der Waals surface area (Å²) in [4.78, 5) is 12.2. The highest BCUT2D eigenvalue weighted by molar-refractivity contribution is 14.1. The Bertz CT molecular complexity index is 446. The maximum atomic E-state index is 12.2. The van der Waals surface area contributed by atoms with Gasteiger partial charge in [-0.05, 0) is 65.8 Å². The van der Waals surface area contributed by atoms with E-state index in [1.165, 1.54) is 25.7 Å². The summed E-state index contributed by atoms with van der Waals surface area (Å²) in [5.74, 6) is 1.72. The Morgan fingerprint density at radius 1 is 1.24 bits per heavy atom.